The van der Waals surface area contributed by atoms with Gasteiger partial charge in [0, 0.05) is 11.9 Å². The van der Waals surface area contributed by atoms with Crippen LogP contribution in [0.15, 0.2) is 18.3 Å². The lowest BCUT2D eigenvalue weighted by Gasteiger charge is -2.07. The maximum absolute atomic E-state index is 10.3. The smallest absolute Gasteiger partial charge is 0.305 e. The second-order valence-electron chi connectivity index (χ2n) is 2.72. The highest BCUT2D eigenvalue weighted by molar-refractivity contribution is 5.67. The van der Waals surface area contributed by atoms with Gasteiger partial charge in [0.1, 0.15) is 0 Å². The molecule has 0 spiro atoms. The van der Waals surface area contributed by atoms with E-state index in [0.29, 0.717) is 11.4 Å². The molecule has 1 aromatic rings. The third kappa shape index (κ3) is 2.72. The molecule has 0 saturated carbocycles. The number of pyridine rings is 1. The van der Waals surface area contributed by atoms with Crippen LogP contribution in [-0.4, -0.2) is 16.1 Å². The summed E-state index contributed by atoms with van der Waals surface area (Å²) in [5, 5.41) is 8.48. The van der Waals surface area contributed by atoms with Crippen LogP contribution >= 0.6 is 0 Å². The average Bonchev–Trinajstić information content (AvgIpc) is 2.03. The molecule has 0 bridgehead atoms. The zero-order valence-electron chi connectivity index (χ0n) is 6.97. The summed E-state index contributed by atoms with van der Waals surface area (Å²) >= 11 is 0. The maximum atomic E-state index is 10.3. The van der Waals surface area contributed by atoms with E-state index in [4.69, 9.17) is 16.6 Å². The number of aromatic nitrogens is 1. The van der Waals surface area contributed by atoms with E-state index in [1.807, 2.05) is 0 Å². The van der Waals surface area contributed by atoms with Crippen molar-refractivity contribution in [1.29, 1.82) is 0 Å². The SMILES string of the molecule is Nc1ccnc(C(N)CC(=O)O)c1. The number of nitrogens with zero attached hydrogens (tertiary/aromatic N) is 1. The Hall–Kier alpha value is -1.62. The first-order chi connectivity index (χ1) is 6.09. The van der Waals surface area contributed by atoms with E-state index in [-0.39, 0.29) is 6.42 Å². The van der Waals surface area contributed by atoms with E-state index in [0.717, 1.165) is 0 Å². The lowest BCUT2D eigenvalue weighted by atomic mass is 10.1. The molecule has 0 saturated heterocycles. The van der Waals surface area contributed by atoms with Gasteiger partial charge in [-0.1, -0.05) is 0 Å². The summed E-state index contributed by atoms with van der Waals surface area (Å²) in [5.74, 6) is -0.947. The first-order valence-electron chi connectivity index (χ1n) is 3.78. The number of carboxylic acid groups (broad SMARTS) is 1. The Morgan fingerprint density at radius 1 is 1.69 bits per heavy atom. The zero-order valence-corrected chi connectivity index (χ0v) is 6.97. The zero-order chi connectivity index (χ0) is 9.84. The van der Waals surface area contributed by atoms with Gasteiger partial charge in [-0.2, -0.15) is 0 Å². The average molecular weight is 181 g/mol. The topological polar surface area (TPSA) is 102 Å². The van der Waals surface area contributed by atoms with Crippen LogP contribution in [0, 0.1) is 0 Å². The van der Waals surface area contributed by atoms with Gasteiger partial charge in [-0.05, 0) is 12.1 Å². The molecule has 0 amide bonds. The second-order valence-corrected chi connectivity index (χ2v) is 2.72. The van der Waals surface area contributed by atoms with Gasteiger partial charge >= 0.3 is 5.97 Å². The van der Waals surface area contributed by atoms with Crippen LogP contribution in [-0.2, 0) is 4.79 Å². The number of carboxylic acids is 1. The predicted octanol–water partition coefficient (Wildman–Crippen LogP) is 0.138. The Bertz CT molecular complexity index is 314. The van der Waals surface area contributed by atoms with Crippen molar-refractivity contribution in [3.05, 3.63) is 24.0 Å². The van der Waals surface area contributed by atoms with Gasteiger partial charge in [0.05, 0.1) is 18.2 Å². The van der Waals surface area contributed by atoms with Crippen molar-refractivity contribution in [3.63, 3.8) is 0 Å². The Labute approximate surface area is 75.4 Å². The molecule has 1 heterocycles. The minimum Gasteiger partial charge on any atom is -0.481 e. The van der Waals surface area contributed by atoms with Crippen LogP contribution in [0.5, 0.6) is 0 Å². The van der Waals surface area contributed by atoms with Crippen molar-refractivity contribution in [2.45, 2.75) is 12.5 Å². The van der Waals surface area contributed by atoms with E-state index in [1.165, 1.54) is 6.20 Å². The molecule has 5 heteroatoms. The molecule has 13 heavy (non-hydrogen) atoms. The fraction of sp³-hybridized carbons (Fsp3) is 0.250. The van der Waals surface area contributed by atoms with Crippen molar-refractivity contribution < 1.29 is 9.90 Å². The van der Waals surface area contributed by atoms with E-state index in [2.05, 4.69) is 4.98 Å². The monoisotopic (exact) mass is 181 g/mol. The standard InChI is InChI=1S/C8H11N3O2/c9-5-1-2-11-7(3-5)6(10)4-8(12)13/h1-3,6H,4,10H2,(H2,9,11)(H,12,13). The lowest BCUT2D eigenvalue weighted by molar-refractivity contribution is -0.137. The summed E-state index contributed by atoms with van der Waals surface area (Å²) < 4.78 is 0. The third-order valence-electron chi connectivity index (χ3n) is 1.58. The third-order valence-corrected chi connectivity index (χ3v) is 1.58. The molecule has 0 aliphatic rings. The van der Waals surface area contributed by atoms with Crippen molar-refractivity contribution in [3.8, 4) is 0 Å². The maximum Gasteiger partial charge on any atom is 0.305 e. The van der Waals surface area contributed by atoms with Crippen molar-refractivity contribution in [2.75, 3.05) is 5.73 Å². The Balaban J connectivity index is 2.76. The van der Waals surface area contributed by atoms with E-state index in [9.17, 15) is 4.79 Å². The first-order valence-corrected chi connectivity index (χ1v) is 3.78. The molecule has 0 aliphatic carbocycles. The molecule has 0 fully saturated rings. The van der Waals surface area contributed by atoms with Crippen LogP contribution < -0.4 is 11.5 Å². The largest absolute Gasteiger partial charge is 0.481 e. The van der Waals surface area contributed by atoms with Crippen LogP contribution in [0.1, 0.15) is 18.2 Å². The van der Waals surface area contributed by atoms with Crippen LogP contribution in [0.25, 0.3) is 0 Å². The first kappa shape index (κ1) is 9.47. The van der Waals surface area contributed by atoms with Crippen molar-refractivity contribution in [1.82, 2.24) is 4.98 Å². The quantitative estimate of drug-likeness (QED) is 0.615. The fourth-order valence-corrected chi connectivity index (χ4v) is 0.961. The van der Waals surface area contributed by atoms with Crippen LogP contribution in [0.2, 0.25) is 0 Å². The predicted molar refractivity (Wildman–Crippen MR) is 47.8 cm³/mol. The molecule has 0 aliphatic heterocycles. The van der Waals surface area contributed by atoms with E-state index >= 15 is 0 Å². The number of carbonyl (C=O) groups is 1. The van der Waals surface area contributed by atoms with Crippen LogP contribution in [0.3, 0.4) is 0 Å². The Kier molecular flexibility index (Phi) is 2.81. The summed E-state index contributed by atoms with van der Waals surface area (Å²) in [7, 11) is 0. The highest BCUT2D eigenvalue weighted by atomic mass is 16.4. The molecule has 5 N–H and O–H groups in total. The molecule has 0 aromatic carbocycles. The number of rotatable bonds is 3. The van der Waals surface area contributed by atoms with Gasteiger partial charge in [-0.15, -0.1) is 0 Å². The molecule has 0 radical (unpaired) electrons. The number of nitrogen functional groups attached to an aromatic ring is 1. The normalized spacial score (nSPS) is 12.4. The molecule has 1 aromatic heterocycles. The fourth-order valence-electron chi connectivity index (χ4n) is 0.961. The number of hydrogen-bond donors (Lipinski definition) is 3. The van der Waals surface area contributed by atoms with Gasteiger partial charge in [0.2, 0.25) is 0 Å². The molecule has 1 unspecified atom stereocenters. The number of anilines is 1. The second kappa shape index (κ2) is 3.86. The molecule has 70 valence electrons. The van der Waals surface area contributed by atoms with Crippen LogP contribution in [0.4, 0.5) is 5.69 Å². The van der Waals surface area contributed by atoms with Gasteiger partial charge in [-0.3, -0.25) is 9.78 Å². The number of nitrogens with two attached hydrogens (primary N) is 2. The van der Waals surface area contributed by atoms with E-state index in [1.54, 1.807) is 12.1 Å². The molecule has 1 rings (SSSR count). The molecular weight excluding hydrogens is 170 g/mol. The molecular formula is C8H11N3O2. The highest BCUT2D eigenvalue weighted by Gasteiger charge is 2.11. The van der Waals surface area contributed by atoms with Crippen molar-refractivity contribution >= 4 is 11.7 Å². The highest BCUT2D eigenvalue weighted by Crippen LogP contribution is 2.13. The van der Waals surface area contributed by atoms with Gasteiger partial charge in [-0.25, -0.2) is 0 Å². The Morgan fingerprint density at radius 3 is 2.92 bits per heavy atom. The minimum atomic E-state index is -0.947. The summed E-state index contributed by atoms with van der Waals surface area (Å²) in [6.45, 7) is 0. The number of aliphatic carboxylic acids is 1. The van der Waals surface area contributed by atoms with Crippen molar-refractivity contribution in [2.24, 2.45) is 5.73 Å². The summed E-state index contributed by atoms with van der Waals surface area (Å²) in [4.78, 5) is 14.3. The van der Waals surface area contributed by atoms with E-state index < -0.39 is 12.0 Å². The summed E-state index contributed by atoms with van der Waals surface area (Å²) in [6, 6.07) is 2.60. The van der Waals surface area contributed by atoms with Gasteiger partial charge < -0.3 is 16.6 Å². The number of hydrogen-bond acceptors (Lipinski definition) is 4. The lowest BCUT2D eigenvalue weighted by Crippen LogP contribution is -2.16. The summed E-state index contributed by atoms with van der Waals surface area (Å²) in [6.07, 6.45) is 1.36. The Morgan fingerprint density at radius 2 is 2.38 bits per heavy atom. The van der Waals surface area contributed by atoms with Gasteiger partial charge in [0.15, 0.2) is 0 Å². The summed E-state index contributed by atoms with van der Waals surface area (Å²) in [5.41, 5.74) is 12.1. The molecule has 5 nitrogen and oxygen atoms in total. The van der Waals surface area contributed by atoms with Gasteiger partial charge in [0.25, 0.3) is 0 Å². The molecule has 1 atom stereocenters. The minimum absolute atomic E-state index is 0.142.